The molecule has 2 aromatic rings. The first kappa shape index (κ1) is 23.6. The predicted molar refractivity (Wildman–Crippen MR) is 127 cm³/mol. The third kappa shape index (κ3) is 5.86. The lowest BCUT2D eigenvalue weighted by Crippen LogP contribution is -2.45. The van der Waals surface area contributed by atoms with E-state index in [4.69, 9.17) is 14.2 Å². The number of amides is 2. The van der Waals surface area contributed by atoms with Gasteiger partial charge in [0.25, 0.3) is 5.91 Å². The minimum Gasteiger partial charge on any atom is -0.497 e. The molecule has 1 aromatic carbocycles. The van der Waals surface area contributed by atoms with Crippen molar-refractivity contribution in [1.29, 1.82) is 0 Å². The van der Waals surface area contributed by atoms with Gasteiger partial charge in [-0.2, -0.15) is 0 Å². The number of carbonyl (C=O) groups is 2. The average Bonchev–Trinajstić information content (AvgIpc) is 3.57. The lowest BCUT2D eigenvalue weighted by molar-refractivity contribution is -0.139. The summed E-state index contributed by atoms with van der Waals surface area (Å²) in [5.74, 6) is 1.21. The van der Waals surface area contributed by atoms with Crippen LogP contribution in [0.2, 0.25) is 0 Å². The van der Waals surface area contributed by atoms with Crippen LogP contribution in [0.3, 0.4) is 0 Å². The monoisotopic (exact) mass is 472 g/mol. The van der Waals surface area contributed by atoms with Gasteiger partial charge in [-0.05, 0) is 49.3 Å². The molecule has 33 heavy (non-hydrogen) atoms. The molecule has 0 radical (unpaired) electrons. The molecule has 2 fully saturated rings. The van der Waals surface area contributed by atoms with Crippen molar-refractivity contribution in [2.45, 2.75) is 38.3 Å². The summed E-state index contributed by atoms with van der Waals surface area (Å²) in [7, 11) is 3.14. The maximum atomic E-state index is 13.5. The second-order valence-electron chi connectivity index (χ2n) is 8.60. The number of nitrogens with zero attached hydrogens (tertiary/aromatic N) is 2. The van der Waals surface area contributed by atoms with Crippen molar-refractivity contribution < 1.29 is 23.8 Å². The Balaban J connectivity index is 1.39. The summed E-state index contributed by atoms with van der Waals surface area (Å²) in [5.41, 5.74) is 0.536. The van der Waals surface area contributed by atoms with E-state index < -0.39 is 0 Å². The first-order valence-corrected chi connectivity index (χ1v) is 12.4. The summed E-state index contributed by atoms with van der Waals surface area (Å²) in [4.78, 5) is 31.5. The molecule has 2 aliphatic rings. The van der Waals surface area contributed by atoms with E-state index >= 15 is 0 Å². The molecule has 2 amide bonds. The number of methoxy groups -OCH3 is 2. The number of piperidine rings is 1. The Kier molecular flexibility index (Phi) is 7.88. The molecule has 0 N–H and O–H groups in total. The SMILES string of the molecule is COc1cc(OC)cc(C(=O)N2CCC(C(=O)N(Cc3cccs3)CC3CCCO3)CC2)c1. The predicted octanol–water partition coefficient (Wildman–Crippen LogP) is 3.83. The van der Waals surface area contributed by atoms with Crippen molar-refractivity contribution in [2.24, 2.45) is 5.92 Å². The third-order valence-electron chi connectivity index (χ3n) is 6.42. The van der Waals surface area contributed by atoms with Gasteiger partial charge < -0.3 is 24.0 Å². The summed E-state index contributed by atoms with van der Waals surface area (Å²) in [5, 5.41) is 2.04. The zero-order chi connectivity index (χ0) is 23.2. The number of thiophene rings is 1. The zero-order valence-electron chi connectivity index (χ0n) is 19.3. The Morgan fingerprint density at radius 3 is 2.42 bits per heavy atom. The summed E-state index contributed by atoms with van der Waals surface area (Å²) in [6.07, 6.45) is 3.52. The highest BCUT2D eigenvalue weighted by atomic mass is 32.1. The molecule has 2 saturated heterocycles. The van der Waals surface area contributed by atoms with E-state index in [1.54, 1.807) is 43.8 Å². The van der Waals surface area contributed by atoms with Crippen LogP contribution < -0.4 is 9.47 Å². The highest BCUT2D eigenvalue weighted by Gasteiger charge is 2.32. The van der Waals surface area contributed by atoms with Gasteiger partial charge in [0.15, 0.2) is 0 Å². The van der Waals surface area contributed by atoms with E-state index in [1.165, 1.54) is 4.88 Å². The smallest absolute Gasteiger partial charge is 0.254 e. The van der Waals surface area contributed by atoms with E-state index in [0.717, 1.165) is 19.4 Å². The van der Waals surface area contributed by atoms with Gasteiger partial charge in [0.1, 0.15) is 11.5 Å². The lowest BCUT2D eigenvalue weighted by Gasteiger charge is -2.35. The Hall–Kier alpha value is -2.58. The number of rotatable bonds is 8. The second-order valence-corrected chi connectivity index (χ2v) is 9.63. The van der Waals surface area contributed by atoms with Crippen molar-refractivity contribution in [2.75, 3.05) is 40.5 Å². The van der Waals surface area contributed by atoms with Crippen LogP contribution in [0.5, 0.6) is 11.5 Å². The van der Waals surface area contributed by atoms with Gasteiger partial charge in [-0.15, -0.1) is 11.3 Å². The molecule has 1 aromatic heterocycles. The first-order valence-electron chi connectivity index (χ1n) is 11.5. The van der Waals surface area contributed by atoms with E-state index in [9.17, 15) is 9.59 Å². The molecule has 0 saturated carbocycles. The van der Waals surface area contributed by atoms with Crippen molar-refractivity contribution in [3.63, 3.8) is 0 Å². The molecule has 1 atom stereocenters. The van der Waals surface area contributed by atoms with Gasteiger partial charge in [0.2, 0.25) is 5.91 Å². The van der Waals surface area contributed by atoms with Crippen LogP contribution in [0.25, 0.3) is 0 Å². The molecule has 1 unspecified atom stereocenters. The Bertz CT molecular complexity index is 912. The van der Waals surface area contributed by atoms with Crippen LogP contribution >= 0.6 is 11.3 Å². The number of carbonyl (C=O) groups excluding carboxylic acids is 2. The van der Waals surface area contributed by atoms with E-state index in [0.29, 0.717) is 56.1 Å². The largest absolute Gasteiger partial charge is 0.497 e. The summed E-state index contributed by atoms with van der Waals surface area (Å²) >= 11 is 1.67. The Morgan fingerprint density at radius 1 is 1.12 bits per heavy atom. The molecule has 0 aliphatic carbocycles. The van der Waals surface area contributed by atoms with Crippen LogP contribution in [0.1, 0.15) is 40.9 Å². The molecule has 8 heteroatoms. The molecule has 7 nitrogen and oxygen atoms in total. The molecule has 2 aliphatic heterocycles. The van der Waals surface area contributed by atoms with Gasteiger partial charge in [0.05, 0.1) is 26.9 Å². The minimum absolute atomic E-state index is 0.0621. The van der Waals surface area contributed by atoms with Gasteiger partial charge in [0, 0.05) is 48.7 Å². The van der Waals surface area contributed by atoms with Crippen molar-refractivity contribution in [1.82, 2.24) is 9.80 Å². The van der Waals surface area contributed by atoms with Crippen molar-refractivity contribution >= 4 is 23.2 Å². The quantitative estimate of drug-likeness (QED) is 0.584. The summed E-state index contributed by atoms with van der Waals surface area (Å²) < 4.78 is 16.4. The van der Waals surface area contributed by atoms with Gasteiger partial charge in [-0.25, -0.2) is 0 Å². The number of likely N-dealkylation sites (tertiary alicyclic amines) is 1. The van der Waals surface area contributed by atoms with Gasteiger partial charge >= 0.3 is 0 Å². The fourth-order valence-corrected chi connectivity index (χ4v) is 5.28. The number of hydrogen-bond acceptors (Lipinski definition) is 6. The van der Waals surface area contributed by atoms with Crippen LogP contribution in [0.4, 0.5) is 0 Å². The number of benzene rings is 1. The van der Waals surface area contributed by atoms with Gasteiger partial charge in [-0.3, -0.25) is 9.59 Å². The van der Waals surface area contributed by atoms with E-state index in [1.807, 2.05) is 21.2 Å². The highest BCUT2D eigenvalue weighted by molar-refractivity contribution is 7.09. The second kappa shape index (κ2) is 11.0. The zero-order valence-corrected chi connectivity index (χ0v) is 20.1. The molecular formula is C25H32N2O5S. The summed E-state index contributed by atoms with van der Waals surface area (Å²) in [6, 6.07) is 9.30. The van der Waals surface area contributed by atoms with Crippen molar-refractivity contribution in [3.05, 3.63) is 46.2 Å². The standard InChI is InChI=1S/C25H32N2O5S/c1-30-21-13-19(14-22(15-21)31-2)25(29)26-9-7-18(8-10-26)24(28)27(16-20-5-3-11-32-20)17-23-6-4-12-33-23/h4,6,12-15,18,20H,3,5,7-11,16-17H2,1-2H3. The fourth-order valence-electron chi connectivity index (χ4n) is 4.56. The van der Waals surface area contributed by atoms with Crippen LogP contribution in [0.15, 0.2) is 35.7 Å². The maximum Gasteiger partial charge on any atom is 0.254 e. The molecule has 0 spiro atoms. The molecule has 0 bridgehead atoms. The topological polar surface area (TPSA) is 68.3 Å². The maximum absolute atomic E-state index is 13.5. The lowest BCUT2D eigenvalue weighted by atomic mass is 9.94. The van der Waals surface area contributed by atoms with Crippen molar-refractivity contribution in [3.8, 4) is 11.5 Å². The normalized spacial score (nSPS) is 18.8. The third-order valence-corrected chi connectivity index (χ3v) is 7.28. The van der Waals surface area contributed by atoms with Gasteiger partial charge in [-0.1, -0.05) is 6.07 Å². The molecular weight excluding hydrogens is 440 g/mol. The average molecular weight is 473 g/mol. The highest BCUT2D eigenvalue weighted by Crippen LogP contribution is 2.27. The fraction of sp³-hybridized carbons (Fsp3) is 0.520. The van der Waals surface area contributed by atoms with E-state index in [2.05, 4.69) is 6.07 Å². The Labute approximate surface area is 199 Å². The number of hydrogen-bond donors (Lipinski definition) is 0. The molecule has 178 valence electrons. The van der Waals surface area contributed by atoms with Crippen LogP contribution in [0, 0.1) is 5.92 Å². The summed E-state index contributed by atoms with van der Waals surface area (Å²) in [6.45, 7) is 3.16. The molecule has 3 heterocycles. The van der Waals surface area contributed by atoms with Crippen LogP contribution in [-0.2, 0) is 16.1 Å². The minimum atomic E-state index is -0.0738. The molecule has 4 rings (SSSR count). The Morgan fingerprint density at radius 2 is 1.85 bits per heavy atom. The number of ether oxygens (including phenoxy) is 3. The first-order chi connectivity index (χ1) is 16.1. The van der Waals surface area contributed by atoms with E-state index in [-0.39, 0.29) is 23.8 Å². The van der Waals surface area contributed by atoms with Crippen LogP contribution in [-0.4, -0.2) is 68.2 Å².